The lowest BCUT2D eigenvalue weighted by atomic mass is 9.71. The van der Waals surface area contributed by atoms with Gasteiger partial charge >= 0.3 is 24.7 Å². The Kier molecular flexibility index (Phi) is 10.0. The number of hydrogen-bond donors (Lipinski definition) is 0. The normalized spacial score (nSPS) is 15.6. The van der Waals surface area contributed by atoms with Crippen LogP contribution in [-0.2, 0) is 23.2 Å². The Morgan fingerprint density at radius 1 is 0.450 bits per heavy atom. The van der Waals surface area contributed by atoms with Gasteiger partial charge in [-0.3, -0.25) is 24.1 Å². The molecule has 0 aromatic heterocycles. The van der Waals surface area contributed by atoms with Crippen LogP contribution < -0.4 is 4.90 Å². The topological polar surface area (TPSA) is 74.8 Å². The van der Waals surface area contributed by atoms with Crippen LogP contribution >= 0.6 is 0 Å². The molecule has 0 atom stereocenters. The number of anilines is 1. The highest BCUT2D eigenvalue weighted by atomic mass is 19.4. The molecule has 0 unspecified atom stereocenters. The summed E-state index contributed by atoms with van der Waals surface area (Å²) in [5, 5.41) is 0. The number of carbonyl (C=O) groups is 4. The van der Waals surface area contributed by atoms with E-state index in [1.807, 2.05) is 0 Å². The van der Waals surface area contributed by atoms with Crippen molar-refractivity contribution in [2.24, 2.45) is 0 Å². The molecule has 0 spiro atoms. The molecule has 4 amide bonds. The highest BCUT2D eigenvalue weighted by Crippen LogP contribution is 2.57. The van der Waals surface area contributed by atoms with Crippen molar-refractivity contribution in [3.05, 3.63) is 123 Å². The van der Waals surface area contributed by atoms with Gasteiger partial charge in [0.2, 0.25) is 5.41 Å². The zero-order chi connectivity index (χ0) is 45.1. The number of carbonyl (C=O) groups excluding carboxylic acids is 4. The maximum atomic E-state index is 15.3. The van der Waals surface area contributed by atoms with E-state index in [0.29, 0.717) is 41.3 Å². The number of nitrogens with zero attached hydrogens (tertiary/aromatic N) is 2. The monoisotopic (exact) mass is 856 g/mol. The maximum Gasteiger partial charge on any atom is 0.417 e. The van der Waals surface area contributed by atoms with Crippen molar-refractivity contribution < 1.29 is 71.9 Å². The van der Waals surface area contributed by atoms with Gasteiger partial charge in [0.25, 0.3) is 23.6 Å². The van der Waals surface area contributed by atoms with Crippen molar-refractivity contribution in [1.82, 2.24) is 4.90 Å². The van der Waals surface area contributed by atoms with E-state index in [-0.39, 0.29) is 41.1 Å². The Labute approximate surface area is 333 Å². The fourth-order valence-corrected chi connectivity index (χ4v) is 7.49. The summed E-state index contributed by atoms with van der Waals surface area (Å²) < 4.78 is 178. The summed E-state index contributed by atoms with van der Waals surface area (Å²) in [4.78, 5) is 54.6. The van der Waals surface area contributed by atoms with E-state index in [4.69, 9.17) is 0 Å². The molecule has 0 aliphatic carbocycles. The maximum absolute atomic E-state index is 15.3. The number of rotatable bonds is 6. The third kappa shape index (κ3) is 6.71. The first-order chi connectivity index (χ1) is 27.3. The summed E-state index contributed by atoms with van der Waals surface area (Å²) in [6.45, 7) is 9.26. The largest absolute Gasteiger partial charge is 0.417 e. The molecule has 6 nitrogen and oxygen atoms in total. The predicted molar refractivity (Wildman–Crippen MR) is 192 cm³/mol. The Morgan fingerprint density at radius 2 is 0.833 bits per heavy atom. The molecule has 0 fully saturated rings. The zero-order valence-electron chi connectivity index (χ0n) is 32.2. The number of halogens is 12. The van der Waals surface area contributed by atoms with Crippen LogP contribution in [0.5, 0.6) is 0 Å². The quantitative estimate of drug-likeness (QED) is 0.143. The fourth-order valence-electron chi connectivity index (χ4n) is 7.49. The zero-order valence-corrected chi connectivity index (χ0v) is 32.2. The van der Waals surface area contributed by atoms with Crippen LogP contribution in [0.3, 0.4) is 0 Å². The first-order valence-electron chi connectivity index (χ1n) is 17.9. The molecule has 0 saturated heterocycles. The van der Waals surface area contributed by atoms with Crippen LogP contribution in [0.4, 0.5) is 58.4 Å². The number of hydrogen-bond acceptors (Lipinski definition) is 4. The number of imide groups is 2. The summed E-state index contributed by atoms with van der Waals surface area (Å²) in [6, 6.07) is 6.28. The third-order valence-electron chi connectivity index (χ3n) is 11.0. The van der Waals surface area contributed by atoms with E-state index in [1.54, 1.807) is 27.7 Å². The smallest absolute Gasteiger partial charge is 0.269 e. The molecule has 4 aromatic rings. The molecule has 2 heterocycles. The number of alkyl halides is 12. The van der Waals surface area contributed by atoms with E-state index < -0.39 is 126 Å². The first-order valence-corrected chi connectivity index (χ1v) is 17.9. The van der Waals surface area contributed by atoms with E-state index in [2.05, 4.69) is 0 Å². The molecule has 2 aliphatic heterocycles. The second-order valence-electron chi connectivity index (χ2n) is 16.1. The lowest BCUT2D eigenvalue weighted by molar-refractivity contribution is -0.288. The Balaban J connectivity index is 1.49. The molecule has 0 radical (unpaired) electrons. The lowest BCUT2D eigenvalue weighted by Crippen LogP contribution is -2.55. The van der Waals surface area contributed by atoms with Gasteiger partial charge in [0, 0.05) is 5.54 Å². The van der Waals surface area contributed by atoms with E-state index in [0.717, 1.165) is 6.07 Å². The summed E-state index contributed by atoms with van der Waals surface area (Å²) in [6.07, 6.45) is -23.0. The minimum atomic E-state index is -6.29. The van der Waals surface area contributed by atoms with Gasteiger partial charge in [-0.2, -0.15) is 52.7 Å². The van der Waals surface area contributed by atoms with Crippen molar-refractivity contribution in [3.8, 4) is 11.1 Å². The standard InChI is InChI=1S/C42H32F12N2O4/c1-7-37(5,6)56-34(59)27-14-10-22(17-29(27)35(56)60)38(41(49,50)51,42(52,53)54)21-9-13-26-28(16-21)33(58)55(32(26)57)23-11-15-25(31(19-23)40(46,47)48)24-12-8-20(36(2,3)4)18-30(24)39(43,44)45/h8-19H,7H2,1-6H3. The summed E-state index contributed by atoms with van der Waals surface area (Å²) >= 11 is 0. The Bertz CT molecular complexity index is 2470. The molecule has 6 rings (SSSR count). The van der Waals surface area contributed by atoms with Crippen molar-refractivity contribution in [2.45, 2.75) is 89.0 Å². The van der Waals surface area contributed by atoms with Crippen LogP contribution in [0.1, 0.15) is 117 Å². The van der Waals surface area contributed by atoms with Crippen LogP contribution in [0.15, 0.2) is 72.8 Å². The molecular weight excluding hydrogens is 824 g/mol. The molecule has 0 bridgehead atoms. The van der Waals surface area contributed by atoms with E-state index in [9.17, 15) is 45.5 Å². The number of amides is 4. The molecular formula is C42H32F12N2O4. The average molecular weight is 857 g/mol. The van der Waals surface area contributed by atoms with E-state index >= 15 is 26.3 Å². The van der Waals surface area contributed by atoms with Gasteiger partial charge in [-0.25, -0.2) is 4.90 Å². The highest BCUT2D eigenvalue weighted by Gasteiger charge is 2.73. The molecule has 18 heteroatoms. The van der Waals surface area contributed by atoms with Crippen molar-refractivity contribution in [2.75, 3.05) is 4.90 Å². The highest BCUT2D eigenvalue weighted by molar-refractivity contribution is 6.34. The van der Waals surface area contributed by atoms with Gasteiger partial charge in [0.1, 0.15) is 0 Å². The van der Waals surface area contributed by atoms with E-state index in [1.165, 1.54) is 19.9 Å². The van der Waals surface area contributed by atoms with Gasteiger partial charge < -0.3 is 0 Å². The number of fused-ring (bicyclic) bond motifs is 2. The third-order valence-corrected chi connectivity index (χ3v) is 11.0. The van der Waals surface area contributed by atoms with Gasteiger partial charge in [-0.05, 0) is 96.0 Å². The Hall–Kier alpha value is -5.68. The van der Waals surface area contributed by atoms with Crippen molar-refractivity contribution >= 4 is 29.3 Å². The van der Waals surface area contributed by atoms with Crippen LogP contribution in [0.2, 0.25) is 0 Å². The predicted octanol–water partition coefficient (Wildman–Crippen LogP) is 11.7. The lowest BCUT2D eigenvalue weighted by Gasteiger charge is -2.38. The summed E-state index contributed by atoms with van der Waals surface area (Å²) in [5.74, 6) is -5.22. The molecule has 318 valence electrons. The summed E-state index contributed by atoms with van der Waals surface area (Å²) in [5.41, 5.74) is -19.3. The van der Waals surface area contributed by atoms with Gasteiger partial charge in [0.15, 0.2) is 0 Å². The number of benzene rings is 4. The van der Waals surface area contributed by atoms with Gasteiger partial charge in [-0.15, -0.1) is 0 Å². The summed E-state index contributed by atoms with van der Waals surface area (Å²) in [7, 11) is 0. The van der Waals surface area contributed by atoms with Crippen LogP contribution in [-0.4, -0.2) is 46.4 Å². The Morgan fingerprint density at radius 3 is 1.28 bits per heavy atom. The molecule has 0 saturated carbocycles. The van der Waals surface area contributed by atoms with Crippen molar-refractivity contribution in [1.29, 1.82) is 0 Å². The molecule has 60 heavy (non-hydrogen) atoms. The minimum Gasteiger partial charge on any atom is -0.269 e. The fraction of sp³-hybridized carbons (Fsp3) is 0.333. The van der Waals surface area contributed by atoms with Crippen molar-refractivity contribution in [3.63, 3.8) is 0 Å². The van der Waals surface area contributed by atoms with Gasteiger partial charge in [0.05, 0.1) is 39.1 Å². The molecule has 2 aliphatic rings. The molecule has 4 aromatic carbocycles. The average Bonchev–Trinajstić information content (AvgIpc) is 3.52. The second-order valence-corrected chi connectivity index (χ2v) is 16.1. The van der Waals surface area contributed by atoms with Crippen LogP contribution in [0, 0.1) is 0 Å². The minimum absolute atomic E-state index is 0.0490. The second kappa shape index (κ2) is 13.7. The molecule has 0 N–H and O–H groups in total. The first kappa shape index (κ1) is 43.9. The van der Waals surface area contributed by atoms with Gasteiger partial charge in [-0.1, -0.05) is 58.0 Å². The van der Waals surface area contributed by atoms with Crippen LogP contribution in [0.25, 0.3) is 11.1 Å². The SMILES string of the molecule is CCC(C)(C)N1C(=O)c2ccc(C(c3ccc4c(c3)C(=O)N(c3ccc(-c5ccc(C(C)(C)C)cc5C(F)(F)F)c(C(F)(F)F)c3)C4=O)(C(F)(F)F)C(F)(F)F)cc2C1=O.